The molecule has 5 aliphatic heterocycles. The van der Waals surface area contributed by atoms with Crippen molar-refractivity contribution in [1.82, 2.24) is 47.8 Å². The van der Waals surface area contributed by atoms with Crippen LogP contribution in [0.3, 0.4) is 0 Å². The molecule has 5 saturated heterocycles. The normalized spacial score (nSPS) is 26.6. The fourth-order valence-electron chi connectivity index (χ4n) is 14.0. The number of H-pyrrole nitrogens is 5. The average Bonchev–Trinajstić information content (AvgIpc) is 1.64. The van der Waals surface area contributed by atoms with Gasteiger partial charge in [0.15, 0.2) is 24.9 Å². The van der Waals surface area contributed by atoms with Crippen LogP contribution in [-0.4, -0.2) is 319 Å². The first-order valence-electron chi connectivity index (χ1n) is 40.5. The van der Waals surface area contributed by atoms with Crippen molar-refractivity contribution < 1.29 is 74.7 Å². The van der Waals surface area contributed by atoms with Crippen LogP contribution in [0.5, 0.6) is 0 Å². The van der Waals surface area contributed by atoms with Gasteiger partial charge in [-0.25, -0.2) is 24.0 Å². The van der Waals surface area contributed by atoms with E-state index in [1.165, 1.54) is 44.7 Å². The topological polar surface area (TPSA) is 523 Å². The molecule has 5 aromatic heterocycles. The quantitative estimate of drug-likeness (QED) is 0.0231. The molecule has 124 heavy (non-hydrogen) atoms. The predicted molar refractivity (Wildman–Crippen MR) is 510 cm³/mol. The molecule has 10 heterocycles. The number of nitrogens with one attached hydrogen (secondary N) is 5. The number of hydrogen-bond acceptors (Lipinski definition) is 25. The maximum absolute atomic E-state index is 12.2. The standard InChI is InChI=1S/C17H29N2O5P.2C16H27N2O5P.C16H25N2O5P.C15H25N2O5P.4CH4/c1-5-6-7-11-10-19(17(23)18-15(11)22)16-14(21)13(20)12(24-16)8-9-25(2,3)4;1-5-7-18-9-10(15(21)17-16(18)22)14-13(20)12(19)11(23-14)6-8-24(2,3)4;2*1-5-6-10-9-18(16(22)17-14(10)21)15-13(20)12(19)11(23-15)7-8-24(2,3)4;1-5-9-8-17(15(21)16-13(9)20)14-12(19)11(18)10(22-14)6-7-23(2,3)4;;;;/h10,12-14,16,20-21H,2,5-9H2,1,3-4H3,(H,18,22,23);9,11-14,19-20H,2,5-8H2,1,3-4H3,(H,17,21,22);9,11-13,15,19-20H,2,5-8H2,1,3-4H3,(H,17,21,22);5,9,11-13,15,19-20H,1-2,6-8H2,3-4H3,(H,17,21,22);8,10-12,14,18-19H,2,5-7H2,1,3-4H3,(H,16,20,21);4*1H4/t12-,13-,14?,16-;11-,12-,13?,14+;2*11-,12-,13?,15-;10-,11-,12?,14-;;;;/m11111..../s1. The zero-order chi connectivity index (χ0) is 90.3. The van der Waals surface area contributed by atoms with Crippen LogP contribution < -0.4 is 56.2 Å². The Hall–Kier alpha value is -5.96. The van der Waals surface area contributed by atoms with Gasteiger partial charge in [-0.2, -0.15) is 0 Å². The minimum atomic E-state index is -1.29. The molecule has 0 aromatic carbocycles. The molecule has 10 rings (SSSR count). The van der Waals surface area contributed by atoms with Crippen LogP contribution in [-0.2, 0) is 55.9 Å². The first-order chi connectivity index (χ1) is 55.7. The minimum Gasteiger partial charge on any atom is -0.388 e. The fourth-order valence-corrected chi connectivity index (χ4v) is 18.7. The van der Waals surface area contributed by atoms with E-state index >= 15 is 0 Å². The zero-order valence-electron chi connectivity index (χ0n) is 71.8. The molecule has 0 amide bonds. The first kappa shape index (κ1) is 114. The third-order valence-electron chi connectivity index (χ3n) is 20.9. The van der Waals surface area contributed by atoms with Crippen LogP contribution in [0, 0.1) is 0 Å². The molecular formula is C84H149N10O25P5. The second-order valence-corrected chi connectivity index (χ2v) is 56.6. The number of allylic oxidation sites excluding steroid dienone is 1. The molecule has 40 heteroatoms. The van der Waals surface area contributed by atoms with Crippen molar-refractivity contribution in [2.45, 2.75) is 270 Å². The van der Waals surface area contributed by atoms with Crippen molar-refractivity contribution in [1.29, 1.82) is 0 Å². The van der Waals surface area contributed by atoms with E-state index in [0.29, 0.717) is 80.2 Å². The molecule has 0 aliphatic carbocycles. The highest BCUT2D eigenvalue weighted by Gasteiger charge is 2.49. The molecule has 5 aromatic rings. The Labute approximate surface area is 727 Å². The fraction of sp³-hybridized carbons (Fsp3) is 0.679. The summed E-state index contributed by atoms with van der Waals surface area (Å²) >= 11 is 0. The third-order valence-corrected chi connectivity index (χ3v) is 28.3. The van der Waals surface area contributed by atoms with Crippen molar-refractivity contribution in [3.05, 3.63) is 176 Å². The van der Waals surface area contributed by atoms with Crippen molar-refractivity contribution in [2.75, 3.05) is 97.5 Å². The molecule has 0 spiro atoms. The molecule has 35 nitrogen and oxygen atoms in total. The van der Waals surface area contributed by atoms with E-state index in [2.05, 4.69) is 130 Å². The molecule has 0 radical (unpaired) electrons. The monoisotopic (exact) mass is 1850 g/mol. The molecule has 0 saturated carbocycles. The van der Waals surface area contributed by atoms with Gasteiger partial charge >= 0.3 is 28.4 Å². The van der Waals surface area contributed by atoms with Gasteiger partial charge < -0.3 is 79.3 Å². The van der Waals surface area contributed by atoms with Gasteiger partial charge in [-0.3, -0.25) is 67.2 Å². The van der Waals surface area contributed by atoms with E-state index < -0.39 is 213 Å². The number of ether oxygens (including phenoxy) is 5. The molecule has 710 valence electrons. The van der Waals surface area contributed by atoms with Crippen LogP contribution in [0.25, 0.3) is 0 Å². The number of aromatic amines is 5. The third kappa shape index (κ3) is 32.0. The molecule has 5 fully saturated rings. The number of aliphatic hydroxyl groups excluding tert-OH is 10. The Bertz CT molecular complexity index is 5040. The first-order valence-corrected chi connectivity index (χ1v) is 55.7. The van der Waals surface area contributed by atoms with Crippen LogP contribution in [0.15, 0.2) is 91.6 Å². The molecule has 5 unspecified atom stereocenters. The highest BCUT2D eigenvalue weighted by atomic mass is 31.2. The summed E-state index contributed by atoms with van der Waals surface area (Å²) < 4.78 is 34.8. The van der Waals surface area contributed by atoms with Crippen molar-refractivity contribution in [2.24, 2.45) is 0 Å². The van der Waals surface area contributed by atoms with Gasteiger partial charge in [0, 0.05) is 59.8 Å². The lowest BCUT2D eigenvalue weighted by molar-refractivity contribution is -0.0404. The Morgan fingerprint density at radius 1 is 0.347 bits per heavy atom. The van der Waals surface area contributed by atoms with E-state index in [-0.39, 0.29) is 41.7 Å². The van der Waals surface area contributed by atoms with Crippen LogP contribution in [0.2, 0.25) is 0 Å². The maximum Gasteiger partial charge on any atom is 0.330 e. The van der Waals surface area contributed by atoms with Gasteiger partial charge in [0.2, 0.25) is 0 Å². The zero-order valence-corrected chi connectivity index (χ0v) is 76.2. The number of nitrogens with zero attached hydrogens (tertiary/aromatic N) is 5. The van der Waals surface area contributed by atoms with Crippen LogP contribution in [0.4, 0.5) is 0 Å². The molecular weight excluding hydrogens is 1700 g/mol. The summed E-state index contributed by atoms with van der Waals surface area (Å²) in [7, 11) is 0. The second kappa shape index (κ2) is 49.2. The molecule has 20 atom stereocenters. The van der Waals surface area contributed by atoms with Gasteiger partial charge in [0.25, 0.3) is 27.8 Å². The Morgan fingerprint density at radius 3 is 0.911 bits per heavy atom. The summed E-state index contributed by atoms with van der Waals surface area (Å²) in [6, 6.07) is 0. The van der Waals surface area contributed by atoms with Gasteiger partial charge in [-0.05, 0) is 168 Å². The largest absolute Gasteiger partial charge is 0.388 e. The van der Waals surface area contributed by atoms with E-state index in [1.807, 2.05) is 20.8 Å². The predicted octanol–water partition coefficient (Wildman–Crippen LogP) is 3.36. The highest BCUT2D eigenvalue weighted by Crippen LogP contribution is 2.44. The minimum absolute atomic E-state index is 0. The van der Waals surface area contributed by atoms with Crippen molar-refractivity contribution in [3.8, 4) is 0 Å². The Morgan fingerprint density at radius 2 is 0.621 bits per heavy atom. The Balaban J connectivity index is 0.000000521. The highest BCUT2D eigenvalue weighted by molar-refractivity contribution is 7.73. The summed E-state index contributed by atoms with van der Waals surface area (Å²) in [6.07, 6.45) is 21.8. The molecule has 5 aliphatic rings. The lowest BCUT2D eigenvalue weighted by Gasteiger charge is -2.19. The van der Waals surface area contributed by atoms with E-state index in [9.17, 15) is 99.0 Å². The second-order valence-electron chi connectivity index (χ2n) is 35.0. The number of aromatic nitrogens is 10. The number of aliphatic hydroxyl groups is 10. The summed E-state index contributed by atoms with van der Waals surface area (Å²) in [6.45, 7) is 26.2. The van der Waals surface area contributed by atoms with E-state index in [0.717, 1.165) is 65.6 Å². The summed E-state index contributed by atoms with van der Waals surface area (Å²) in [5.41, 5.74) is -3.64. The van der Waals surface area contributed by atoms with E-state index in [4.69, 9.17) is 23.7 Å². The lowest BCUT2D eigenvalue weighted by atomic mass is 10.0. The summed E-state index contributed by atoms with van der Waals surface area (Å²) in [5.74, 6) is 0. The summed E-state index contributed by atoms with van der Waals surface area (Å²) in [4.78, 5) is 130. The number of hydrogen-bond donors (Lipinski definition) is 15. The summed E-state index contributed by atoms with van der Waals surface area (Å²) in [5, 5.41) is 103. The number of rotatable bonds is 30. The number of unbranched alkanes of at least 4 members (excludes halogenated alkanes) is 1. The van der Waals surface area contributed by atoms with E-state index in [1.54, 1.807) is 13.0 Å². The van der Waals surface area contributed by atoms with Gasteiger partial charge in [0.1, 0.15) is 67.1 Å². The van der Waals surface area contributed by atoms with Crippen molar-refractivity contribution >= 4 is 65.9 Å². The van der Waals surface area contributed by atoms with Crippen LogP contribution >= 0.6 is 34.4 Å². The van der Waals surface area contributed by atoms with Gasteiger partial charge in [-0.15, -0.1) is 72.5 Å². The molecule has 15 N–H and O–H groups in total. The van der Waals surface area contributed by atoms with Gasteiger partial charge in [-0.1, -0.05) is 76.3 Å². The van der Waals surface area contributed by atoms with Crippen molar-refractivity contribution in [3.63, 3.8) is 0 Å². The number of aryl methyl sites for hydroxylation is 4. The SMILES string of the molecule is C.C.C.C.C=CCc1cn([C@@H]2O[C@H](CCP(=C)(C)C)[C@@H](O)C2O)c(=O)[nH]c1=O.C=P(C)(C)CC[C@H]1O[C@@H](c2cn(CCC)c(=O)[nH]c2=O)C(O)[C@@H]1O.C=P(C)(C)CC[C@H]1O[C@@H](n2cc(CC)c(=O)[nH]c2=O)C(O)[C@@H]1O.C=P(C)(C)CC[C@H]1O[C@@H](n2cc(CCC)c(=O)[nH]c2=O)C(O)[C@@H]1O.C=P(C)(C)CC[C@H]1O[C@@H](n2cc(CCCC)c(=O)[nH]c2=O)C(O)[C@@H]1O. The average molecular weight is 1850 g/mol. The lowest BCUT2D eigenvalue weighted by Crippen LogP contribution is -2.38. The maximum atomic E-state index is 12.2. The van der Waals surface area contributed by atoms with Gasteiger partial charge in [0.05, 0.1) is 36.1 Å². The Kier molecular flexibility index (Phi) is 45.2. The smallest absolute Gasteiger partial charge is 0.330 e. The molecule has 0 bridgehead atoms. The van der Waals surface area contributed by atoms with Crippen LogP contribution in [0.1, 0.15) is 174 Å².